The van der Waals surface area contributed by atoms with E-state index in [1.165, 1.54) is 4.31 Å². The predicted molar refractivity (Wildman–Crippen MR) is 69.6 cm³/mol. The summed E-state index contributed by atoms with van der Waals surface area (Å²) in [7, 11) is -3.47. The van der Waals surface area contributed by atoms with Crippen molar-refractivity contribution in [1.29, 1.82) is 0 Å². The monoisotopic (exact) mass is 269 g/mol. The van der Waals surface area contributed by atoms with Gasteiger partial charge in [-0.15, -0.1) is 0 Å². The molecule has 0 amide bonds. The average molecular weight is 269 g/mol. The van der Waals surface area contributed by atoms with Crippen LogP contribution in [0.4, 0.5) is 0 Å². The van der Waals surface area contributed by atoms with Crippen molar-refractivity contribution in [2.45, 2.75) is 31.3 Å². The van der Waals surface area contributed by atoms with Gasteiger partial charge < -0.3 is 5.11 Å². The maximum atomic E-state index is 12.4. The molecule has 1 aliphatic rings. The van der Waals surface area contributed by atoms with Crippen LogP contribution in [0, 0.1) is 5.41 Å². The number of benzene rings is 1. The third-order valence-corrected chi connectivity index (χ3v) is 5.54. The molecule has 0 bridgehead atoms. The van der Waals surface area contributed by atoms with Crippen molar-refractivity contribution >= 4 is 10.0 Å². The first-order valence-corrected chi connectivity index (χ1v) is 7.51. The number of rotatable bonds is 2. The molecule has 1 atom stereocenters. The smallest absolute Gasteiger partial charge is 0.243 e. The molecule has 1 N–H and O–H groups in total. The van der Waals surface area contributed by atoms with E-state index in [4.69, 9.17) is 0 Å². The van der Waals surface area contributed by atoms with Crippen LogP contribution >= 0.6 is 0 Å². The zero-order valence-electron chi connectivity index (χ0n) is 10.7. The SMILES string of the molecule is CC1(C)CCN(S(=O)(=O)c2ccccc2)CC1O. The second-order valence-corrected chi connectivity index (χ2v) is 7.37. The van der Waals surface area contributed by atoms with E-state index in [1.54, 1.807) is 30.3 Å². The molecule has 1 saturated heterocycles. The second kappa shape index (κ2) is 4.64. The molecule has 1 fully saturated rings. The van der Waals surface area contributed by atoms with Crippen LogP contribution in [-0.4, -0.2) is 37.0 Å². The molecule has 18 heavy (non-hydrogen) atoms. The van der Waals surface area contributed by atoms with Crippen molar-refractivity contribution in [3.8, 4) is 0 Å². The van der Waals surface area contributed by atoms with Crippen LogP contribution in [0.25, 0.3) is 0 Å². The molecule has 0 radical (unpaired) electrons. The van der Waals surface area contributed by atoms with Gasteiger partial charge >= 0.3 is 0 Å². The van der Waals surface area contributed by atoms with Crippen LogP contribution in [-0.2, 0) is 10.0 Å². The number of hydrogen-bond donors (Lipinski definition) is 1. The molecule has 5 heteroatoms. The van der Waals surface area contributed by atoms with Gasteiger partial charge in [0.15, 0.2) is 0 Å². The van der Waals surface area contributed by atoms with E-state index in [-0.39, 0.29) is 16.9 Å². The Morgan fingerprint density at radius 1 is 1.28 bits per heavy atom. The summed E-state index contributed by atoms with van der Waals surface area (Å²) >= 11 is 0. The highest BCUT2D eigenvalue weighted by atomic mass is 32.2. The van der Waals surface area contributed by atoms with Gasteiger partial charge in [0.2, 0.25) is 10.0 Å². The maximum Gasteiger partial charge on any atom is 0.243 e. The lowest BCUT2D eigenvalue weighted by molar-refractivity contribution is -0.000699. The standard InChI is InChI=1S/C13H19NO3S/c1-13(2)8-9-14(10-12(13)15)18(16,17)11-6-4-3-5-7-11/h3-7,12,15H,8-10H2,1-2H3. The fraction of sp³-hybridized carbons (Fsp3) is 0.538. The topological polar surface area (TPSA) is 57.6 Å². The van der Waals surface area contributed by atoms with Gasteiger partial charge in [-0.05, 0) is 24.0 Å². The largest absolute Gasteiger partial charge is 0.391 e. The average Bonchev–Trinajstić information content (AvgIpc) is 2.33. The molecule has 0 aliphatic carbocycles. The van der Waals surface area contributed by atoms with E-state index < -0.39 is 16.1 Å². The Balaban J connectivity index is 2.24. The van der Waals surface area contributed by atoms with Gasteiger partial charge in [0.25, 0.3) is 0 Å². The van der Waals surface area contributed by atoms with Crippen molar-refractivity contribution in [1.82, 2.24) is 4.31 Å². The number of sulfonamides is 1. The van der Waals surface area contributed by atoms with Gasteiger partial charge in [-0.3, -0.25) is 0 Å². The molecule has 4 nitrogen and oxygen atoms in total. The molecule has 2 rings (SSSR count). The molecule has 0 aromatic heterocycles. The Hall–Kier alpha value is -0.910. The van der Waals surface area contributed by atoms with Gasteiger partial charge in [-0.25, -0.2) is 8.42 Å². The number of hydrogen-bond acceptors (Lipinski definition) is 3. The highest BCUT2D eigenvalue weighted by Gasteiger charge is 2.38. The first-order valence-electron chi connectivity index (χ1n) is 6.07. The van der Waals surface area contributed by atoms with Gasteiger partial charge in [-0.2, -0.15) is 4.31 Å². The molecule has 1 aromatic carbocycles. The summed E-state index contributed by atoms with van der Waals surface area (Å²) in [4.78, 5) is 0.289. The summed E-state index contributed by atoms with van der Waals surface area (Å²) in [5.41, 5.74) is -0.220. The Labute approximate surface area is 108 Å². The van der Waals surface area contributed by atoms with Crippen LogP contribution in [0.1, 0.15) is 20.3 Å². The third-order valence-electron chi connectivity index (χ3n) is 3.67. The lowest BCUT2D eigenvalue weighted by atomic mass is 9.81. The van der Waals surface area contributed by atoms with Gasteiger partial charge in [0.1, 0.15) is 0 Å². The first-order chi connectivity index (χ1) is 8.34. The minimum Gasteiger partial charge on any atom is -0.391 e. The van der Waals surface area contributed by atoms with E-state index in [0.29, 0.717) is 13.0 Å². The molecular formula is C13H19NO3S. The van der Waals surface area contributed by atoms with Crippen molar-refractivity contribution < 1.29 is 13.5 Å². The van der Waals surface area contributed by atoms with Crippen LogP contribution in [0.15, 0.2) is 35.2 Å². The fourth-order valence-electron chi connectivity index (χ4n) is 2.07. The predicted octanol–water partition coefficient (Wildman–Crippen LogP) is 1.47. The first kappa shape index (κ1) is 13.5. The number of aliphatic hydroxyl groups is 1. The second-order valence-electron chi connectivity index (χ2n) is 5.43. The van der Waals surface area contributed by atoms with E-state index in [2.05, 4.69) is 0 Å². The molecule has 0 saturated carbocycles. The van der Waals surface area contributed by atoms with E-state index >= 15 is 0 Å². The zero-order chi connectivity index (χ0) is 13.4. The molecule has 1 heterocycles. The van der Waals surface area contributed by atoms with Crippen LogP contribution in [0.2, 0.25) is 0 Å². The summed E-state index contributed by atoms with van der Waals surface area (Å²) in [5.74, 6) is 0. The molecule has 0 spiro atoms. The third kappa shape index (κ3) is 2.43. The van der Waals surface area contributed by atoms with Crippen LogP contribution < -0.4 is 0 Å². The highest BCUT2D eigenvalue weighted by molar-refractivity contribution is 7.89. The van der Waals surface area contributed by atoms with E-state index in [0.717, 1.165) is 0 Å². The Kier molecular flexibility index (Phi) is 3.49. The quantitative estimate of drug-likeness (QED) is 0.884. The van der Waals surface area contributed by atoms with Gasteiger partial charge in [-0.1, -0.05) is 32.0 Å². The van der Waals surface area contributed by atoms with Crippen LogP contribution in [0.5, 0.6) is 0 Å². The number of piperidine rings is 1. The normalized spacial score (nSPS) is 24.9. The molecule has 1 aliphatic heterocycles. The summed E-state index contributed by atoms with van der Waals surface area (Å²) in [6.45, 7) is 4.56. The fourth-order valence-corrected chi connectivity index (χ4v) is 3.54. The van der Waals surface area contributed by atoms with Crippen molar-refractivity contribution in [3.05, 3.63) is 30.3 Å². The molecule has 1 aromatic rings. The van der Waals surface area contributed by atoms with Crippen molar-refractivity contribution in [2.75, 3.05) is 13.1 Å². The van der Waals surface area contributed by atoms with Crippen molar-refractivity contribution in [2.24, 2.45) is 5.41 Å². The minimum atomic E-state index is -3.47. The van der Waals surface area contributed by atoms with Crippen molar-refractivity contribution in [3.63, 3.8) is 0 Å². The molecule has 100 valence electrons. The van der Waals surface area contributed by atoms with Gasteiger partial charge in [0.05, 0.1) is 11.0 Å². The zero-order valence-corrected chi connectivity index (χ0v) is 11.5. The lowest BCUT2D eigenvalue weighted by Gasteiger charge is -2.40. The lowest BCUT2D eigenvalue weighted by Crippen LogP contribution is -2.50. The number of nitrogens with zero attached hydrogens (tertiary/aromatic N) is 1. The Bertz CT molecular complexity index is 510. The summed E-state index contributed by atoms with van der Waals surface area (Å²) in [6, 6.07) is 8.37. The highest BCUT2D eigenvalue weighted by Crippen LogP contribution is 2.32. The maximum absolute atomic E-state index is 12.4. The summed E-state index contributed by atoms with van der Waals surface area (Å²) < 4.78 is 26.1. The van der Waals surface area contributed by atoms with E-state index in [1.807, 2.05) is 13.8 Å². The summed E-state index contributed by atoms with van der Waals surface area (Å²) in [5, 5.41) is 10.0. The molecule has 1 unspecified atom stereocenters. The Morgan fingerprint density at radius 3 is 2.44 bits per heavy atom. The minimum absolute atomic E-state index is 0.171. The Morgan fingerprint density at radius 2 is 1.89 bits per heavy atom. The molecular weight excluding hydrogens is 250 g/mol. The number of β-amino-alcohol motifs (C(OH)–C–C–N with tert-alkyl or cyclic N) is 1. The number of aliphatic hydroxyl groups excluding tert-OH is 1. The summed E-state index contributed by atoms with van der Waals surface area (Å²) in [6.07, 6.45) is 0.0463. The van der Waals surface area contributed by atoms with E-state index in [9.17, 15) is 13.5 Å². The van der Waals surface area contributed by atoms with Gasteiger partial charge in [0, 0.05) is 13.1 Å². The van der Waals surface area contributed by atoms with Crippen LogP contribution in [0.3, 0.4) is 0 Å².